The molecule has 4 heteroatoms. The van der Waals surface area contributed by atoms with E-state index in [4.69, 9.17) is 11.6 Å². The molecule has 1 unspecified atom stereocenters. The van der Waals surface area contributed by atoms with Gasteiger partial charge >= 0.3 is 0 Å². The van der Waals surface area contributed by atoms with E-state index in [9.17, 15) is 0 Å². The van der Waals surface area contributed by atoms with E-state index >= 15 is 0 Å². The third-order valence-corrected chi connectivity index (χ3v) is 3.36. The van der Waals surface area contributed by atoms with Crippen LogP contribution in [-0.4, -0.2) is 15.0 Å². The Morgan fingerprint density at radius 1 is 1.05 bits per heavy atom. The third-order valence-electron chi connectivity index (χ3n) is 3.19. The molecule has 0 amide bonds. The Morgan fingerprint density at radius 2 is 2.00 bits per heavy atom. The van der Waals surface area contributed by atoms with Gasteiger partial charge in [-0.2, -0.15) is 4.98 Å². The number of allylic oxidation sites excluding steroid dienone is 8. The van der Waals surface area contributed by atoms with Gasteiger partial charge < -0.3 is 0 Å². The summed E-state index contributed by atoms with van der Waals surface area (Å²) >= 11 is 6.03. The zero-order valence-electron chi connectivity index (χ0n) is 10.5. The molecule has 2 aliphatic carbocycles. The maximum atomic E-state index is 6.03. The first kappa shape index (κ1) is 12.3. The number of rotatable bonds is 2. The molecule has 0 saturated carbocycles. The Bertz CT molecular complexity index is 599. The summed E-state index contributed by atoms with van der Waals surface area (Å²) in [5.41, 5.74) is 1.03. The SMILES string of the molecule is Clc1nc(C2=CCCC=C2)nc(C2C=CC=CC2)n1. The van der Waals surface area contributed by atoms with Gasteiger partial charge in [-0.3, -0.25) is 0 Å². The van der Waals surface area contributed by atoms with Crippen LogP contribution in [0, 0.1) is 0 Å². The fraction of sp³-hybridized carbons (Fsp3) is 0.267. The Hall–Kier alpha value is -1.74. The summed E-state index contributed by atoms with van der Waals surface area (Å²) in [6.07, 6.45) is 17.6. The highest BCUT2D eigenvalue weighted by Gasteiger charge is 2.16. The van der Waals surface area contributed by atoms with Crippen LogP contribution in [-0.2, 0) is 0 Å². The standard InChI is InChI=1S/C15H14ClN3/c16-15-18-13(11-7-3-1-4-8-11)17-14(19-15)12-9-5-2-6-10-12/h1,3-5,7,9-11H,2,6,8H2. The normalized spacial score (nSPS) is 21.5. The van der Waals surface area contributed by atoms with Crippen molar-refractivity contribution in [3.8, 4) is 0 Å². The van der Waals surface area contributed by atoms with Crippen LogP contribution in [0.1, 0.15) is 36.8 Å². The second-order valence-electron chi connectivity index (χ2n) is 4.58. The molecule has 96 valence electrons. The Kier molecular flexibility index (Phi) is 3.56. The van der Waals surface area contributed by atoms with Crippen LogP contribution in [0.2, 0.25) is 5.28 Å². The molecule has 1 heterocycles. The van der Waals surface area contributed by atoms with E-state index < -0.39 is 0 Å². The van der Waals surface area contributed by atoms with Crippen molar-refractivity contribution in [1.29, 1.82) is 0 Å². The average Bonchev–Trinajstić information content (AvgIpc) is 2.48. The molecule has 0 aliphatic heterocycles. The van der Waals surface area contributed by atoms with Crippen molar-refractivity contribution in [3.05, 3.63) is 59.5 Å². The lowest BCUT2D eigenvalue weighted by molar-refractivity contribution is 0.753. The number of halogens is 1. The highest BCUT2D eigenvalue weighted by Crippen LogP contribution is 2.25. The van der Waals surface area contributed by atoms with Crippen LogP contribution in [0.25, 0.3) is 5.57 Å². The molecule has 0 fully saturated rings. The Labute approximate surface area is 117 Å². The second kappa shape index (κ2) is 5.49. The van der Waals surface area contributed by atoms with E-state index in [-0.39, 0.29) is 11.2 Å². The summed E-state index contributed by atoms with van der Waals surface area (Å²) in [6.45, 7) is 0. The van der Waals surface area contributed by atoms with E-state index in [1.54, 1.807) is 0 Å². The molecular weight excluding hydrogens is 258 g/mol. The largest absolute Gasteiger partial charge is 0.226 e. The van der Waals surface area contributed by atoms with Crippen molar-refractivity contribution in [1.82, 2.24) is 15.0 Å². The van der Waals surface area contributed by atoms with Crippen LogP contribution < -0.4 is 0 Å². The molecule has 0 N–H and O–H groups in total. The van der Waals surface area contributed by atoms with Crippen LogP contribution in [0.3, 0.4) is 0 Å². The fourth-order valence-corrected chi connectivity index (χ4v) is 2.38. The summed E-state index contributed by atoms with van der Waals surface area (Å²) in [6, 6.07) is 0. The van der Waals surface area contributed by atoms with Crippen molar-refractivity contribution in [2.24, 2.45) is 0 Å². The Morgan fingerprint density at radius 3 is 2.74 bits per heavy atom. The summed E-state index contributed by atoms with van der Waals surface area (Å²) in [5.74, 6) is 1.61. The summed E-state index contributed by atoms with van der Waals surface area (Å²) < 4.78 is 0. The minimum Gasteiger partial charge on any atom is -0.212 e. The lowest BCUT2D eigenvalue weighted by Gasteiger charge is -2.13. The lowest BCUT2D eigenvalue weighted by atomic mass is 10.00. The number of aromatic nitrogens is 3. The van der Waals surface area contributed by atoms with E-state index in [0.29, 0.717) is 5.82 Å². The maximum Gasteiger partial charge on any atom is 0.226 e. The summed E-state index contributed by atoms with van der Waals surface area (Å²) in [5, 5.41) is 0.267. The van der Waals surface area contributed by atoms with Gasteiger partial charge in [-0.25, -0.2) is 9.97 Å². The lowest BCUT2D eigenvalue weighted by Crippen LogP contribution is -2.08. The van der Waals surface area contributed by atoms with E-state index in [0.717, 1.165) is 30.7 Å². The van der Waals surface area contributed by atoms with Crippen LogP contribution in [0.15, 0.2) is 42.5 Å². The summed E-state index contributed by atoms with van der Waals surface area (Å²) in [4.78, 5) is 13.1. The van der Waals surface area contributed by atoms with E-state index in [1.807, 2.05) is 12.2 Å². The van der Waals surface area contributed by atoms with Crippen molar-refractivity contribution in [2.45, 2.75) is 25.2 Å². The molecule has 1 aromatic heterocycles. The quantitative estimate of drug-likeness (QED) is 0.820. The molecule has 1 atom stereocenters. The number of hydrogen-bond acceptors (Lipinski definition) is 3. The molecular formula is C15H14ClN3. The van der Waals surface area contributed by atoms with Crippen molar-refractivity contribution >= 4 is 17.2 Å². The maximum absolute atomic E-state index is 6.03. The van der Waals surface area contributed by atoms with Gasteiger partial charge in [-0.05, 0) is 30.9 Å². The van der Waals surface area contributed by atoms with Crippen molar-refractivity contribution < 1.29 is 0 Å². The molecule has 0 radical (unpaired) electrons. The minimum atomic E-state index is 0.192. The van der Waals surface area contributed by atoms with Gasteiger partial charge in [0.15, 0.2) is 5.82 Å². The van der Waals surface area contributed by atoms with Crippen molar-refractivity contribution in [2.75, 3.05) is 0 Å². The van der Waals surface area contributed by atoms with Gasteiger partial charge in [0.25, 0.3) is 0 Å². The van der Waals surface area contributed by atoms with Gasteiger partial charge in [0.05, 0.1) is 0 Å². The zero-order chi connectivity index (χ0) is 13.1. The van der Waals surface area contributed by atoms with Crippen LogP contribution in [0.5, 0.6) is 0 Å². The second-order valence-corrected chi connectivity index (χ2v) is 4.92. The fourth-order valence-electron chi connectivity index (χ4n) is 2.21. The molecule has 0 bridgehead atoms. The van der Waals surface area contributed by atoms with Crippen LogP contribution >= 0.6 is 11.6 Å². The highest BCUT2D eigenvalue weighted by molar-refractivity contribution is 6.28. The first-order chi connectivity index (χ1) is 9.33. The van der Waals surface area contributed by atoms with Gasteiger partial charge in [-0.1, -0.05) is 42.5 Å². The van der Waals surface area contributed by atoms with Gasteiger partial charge in [0.2, 0.25) is 5.28 Å². The average molecular weight is 272 g/mol. The first-order valence-corrected chi connectivity index (χ1v) is 6.82. The third kappa shape index (κ3) is 2.82. The molecule has 3 nitrogen and oxygen atoms in total. The smallest absolute Gasteiger partial charge is 0.212 e. The molecule has 1 aromatic rings. The molecule has 0 spiro atoms. The predicted octanol–water partition coefficient (Wildman–Crippen LogP) is 3.86. The topological polar surface area (TPSA) is 38.7 Å². The number of hydrogen-bond donors (Lipinski definition) is 0. The zero-order valence-corrected chi connectivity index (χ0v) is 11.2. The van der Waals surface area contributed by atoms with E-state index in [1.165, 1.54) is 0 Å². The molecule has 19 heavy (non-hydrogen) atoms. The Balaban J connectivity index is 1.96. The van der Waals surface area contributed by atoms with Crippen LogP contribution in [0.4, 0.5) is 0 Å². The van der Waals surface area contributed by atoms with Crippen molar-refractivity contribution in [3.63, 3.8) is 0 Å². The monoisotopic (exact) mass is 271 g/mol. The molecule has 3 rings (SSSR count). The minimum absolute atomic E-state index is 0.192. The predicted molar refractivity (Wildman–Crippen MR) is 76.8 cm³/mol. The van der Waals surface area contributed by atoms with Gasteiger partial charge in [-0.15, -0.1) is 0 Å². The van der Waals surface area contributed by atoms with E-state index in [2.05, 4.69) is 45.3 Å². The highest BCUT2D eigenvalue weighted by atomic mass is 35.5. The number of nitrogens with zero attached hydrogens (tertiary/aromatic N) is 3. The molecule has 0 aromatic carbocycles. The van der Waals surface area contributed by atoms with Gasteiger partial charge in [0, 0.05) is 11.5 Å². The molecule has 2 aliphatic rings. The van der Waals surface area contributed by atoms with Gasteiger partial charge in [0.1, 0.15) is 5.82 Å². The first-order valence-electron chi connectivity index (χ1n) is 6.45. The summed E-state index contributed by atoms with van der Waals surface area (Å²) in [7, 11) is 0. The molecule has 0 saturated heterocycles.